The third kappa shape index (κ3) is 4.57. The Kier molecular flexibility index (Phi) is 7.90. The SMILES string of the molecule is C=C(/C=C\C(=C)S(=O)(=O)N1CCC(=O)C2CCCCC21)OC.CC. The fourth-order valence-electron chi connectivity index (χ4n) is 3.19. The van der Waals surface area contributed by atoms with Crippen LogP contribution in [0.5, 0.6) is 0 Å². The van der Waals surface area contributed by atoms with E-state index >= 15 is 0 Å². The maximum Gasteiger partial charge on any atom is 0.242 e. The summed E-state index contributed by atoms with van der Waals surface area (Å²) < 4.78 is 31.8. The van der Waals surface area contributed by atoms with Gasteiger partial charge in [-0.15, -0.1) is 0 Å². The molecule has 0 spiro atoms. The molecule has 5 nitrogen and oxygen atoms in total. The van der Waals surface area contributed by atoms with Crippen LogP contribution in [0.1, 0.15) is 46.0 Å². The van der Waals surface area contributed by atoms with Crippen molar-refractivity contribution >= 4 is 15.8 Å². The minimum atomic E-state index is -3.66. The highest BCUT2D eigenvalue weighted by Gasteiger charge is 2.43. The van der Waals surface area contributed by atoms with E-state index in [1.807, 2.05) is 13.8 Å². The van der Waals surface area contributed by atoms with E-state index in [9.17, 15) is 13.2 Å². The van der Waals surface area contributed by atoms with E-state index in [-0.39, 0.29) is 29.2 Å². The second-order valence-corrected chi connectivity index (χ2v) is 7.70. The number of carbonyl (C=O) groups is 1. The van der Waals surface area contributed by atoms with Gasteiger partial charge >= 0.3 is 0 Å². The number of nitrogens with zero attached hydrogens (tertiary/aromatic N) is 1. The lowest BCUT2D eigenvalue weighted by molar-refractivity contribution is -0.128. The normalized spacial score (nSPS) is 24.7. The number of fused-ring (bicyclic) bond motifs is 1. The average Bonchev–Trinajstić information content (AvgIpc) is 2.61. The highest BCUT2D eigenvalue weighted by molar-refractivity contribution is 7.93. The number of rotatable bonds is 5. The number of ether oxygens (including phenoxy) is 1. The summed E-state index contributed by atoms with van der Waals surface area (Å²) in [6.07, 6.45) is 6.67. The van der Waals surface area contributed by atoms with Crippen molar-refractivity contribution in [2.45, 2.75) is 52.0 Å². The van der Waals surface area contributed by atoms with Crippen molar-refractivity contribution in [1.29, 1.82) is 0 Å². The fraction of sp³-hybridized carbons (Fsp3) is 0.611. The monoisotopic (exact) mass is 355 g/mol. The Bertz CT molecular complexity index is 607. The van der Waals surface area contributed by atoms with E-state index in [1.165, 1.54) is 23.6 Å². The van der Waals surface area contributed by atoms with Gasteiger partial charge in [0.1, 0.15) is 11.5 Å². The molecule has 2 aliphatic rings. The summed E-state index contributed by atoms with van der Waals surface area (Å²) >= 11 is 0. The standard InChI is InChI=1S/C16H23NO4S.C2H6/c1-12(21-3)8-9-13(2)22(19,20)17-11-10-16(18)14-6-4-5-7-15(14)17;1-2/h8-9,14-15H,1-2,4-7,10-11H2,3H3;1-2H3/b9-8-;. The summed E-state index contributed by atoms with van der Waals surface area (Å²) in [5.74, 6) is 0.411. The van der Waals surface area contributed by atoms with Gasteiger partial charge < -0.3 is 4.74 Å². The van der Waals surface area contributed by atoms with Gasteiger partial charge in [0, 0.05) is 24.9 Å². The molecule has 24 heavy (non-hydrogen) atoms. The summed E-state index contributed by atoms with van der Waals surface area (Å²) in [5, 5.41) is 0. The van der Waals surface area contributed by atoms with Crippen LogP contribution in [0.2, 0.25) is 0 Å². The lowest BCUT2D eigenvalue weighted by atomic mass is 9.79. The van der Waals surface area contributed by atoms with Crippen molar-refractivity contribution in [1.82, 2.24) is 4.31 Å². The number of hydrogen-bond acceptors (Lipinski definition) is 4. The van der Waals surface area contributed by atoms with E-state index < -0.39 is 10.0 Å². The molecule has 1 heterocycles. The molecule has 2 rings (SSSR count). The molecule has 2 atom stereocenters. The molecule has 1 aliphatic carbocycles. The first-order valence-electron chi connectivity index (χ1n) is 8.52. The Labute approximate surface area is 146 Å². The molecule has 1 saturated heterocycles. The smallest absolute Gasteiger partial charge is 0.242 e. The first-order valence-corrected chi connectivity index (χ1v) is 9.96. The fourth-order valence-corrected chi connectivity index (χ4v) is 4.67. The molecule has 0 aromatic rings. The molecule has 6 heteroatoms. The predicted molar refractivity (Wildman–Crippen MR) is 96.8 cm³/mol. The van der Waals surface area contributed by atoms with Gasteiger partial charge in [-0.2, -0.15) is 4.31 Å². The zero-order chi connectivity index (χ0) is 18.3. The zero-order valence-electron chi connectivity index (χ0n) is 15.0. The Hall–Kier alpha value is -1.40. The van der Waals surface area contributed by atoms with Crippen LogP contribution in [0, 0.1) is 5.92 Å². The van der Waals surface area contributed by atoms with Crippen LogP contribution >= 0.6 is 0 Å². The van der Waals surface area contributed by atoms with Crippen LogP contribution in [-0.4, -0.2) is 38.2 Å². The lowest BCUT2D eigenvalue weighted by Crippen LogP contribution is -2.53. The van der Waals surface area contributed by atoms with Crippen molar-refractivity contribution in [2.24, 2.45) is 5.92 Å². The highest BCUT2D eigenvalue weighted by atomic mass is 32.2. The number of Topliss-reactive ketones (excluding diaryl/α,β-unsaturated/α-hetero) is 1. The van der Waals surface area contributed by atoms with Crippen molar-refractivity contribution in [3.8, 4) is 0 Å². The molecule has 1 aliphatic heterocycles. The van der Waals surface area contributed by atoms with Gasteiger partial charge in [-0.05, 0) is 25.0 Å². The Morgan fingerprint density at radius 1 is 1.21 bits per heavy atom. The summed E-state index contributed by atoms with van der Waals surface area (Å²) in [6.45, 7) is 11.5. The van der Waals surface area contributed by atoms with E-state index in [2.05, 4.69) is 13.2 Å². The van der Waals surface area contributed by atoms with Gasteiger partial charge in [0.2, 0.25) is 10.0 Å². The first-order chi connectivity index (χ1) is 11.4. The zero-order valence-corrected chi connectivity index (χ0v) is 15.8. The maximum absolute atomic E-state index is 12.7. The van der Waals surface area contributed by atoms with Crippen LogP contribution in [0.25, 0.3) is 0 Å². The molecule has 0 N–H and O–H groups in total. The maximum atomic E-state index is 12.7. The number of piperidine rings is 1. The lowest BCUT2D eigenvalue weighted by Gasteiger charge is -2.42. The van der Waals surface area contributed by atoms with Crippen molar-refractivity contribution in [3.05, 3.63) is 36.0 Å². The number of carbonyl (C=O) groups excluding carboxylic acids is 1. The molecule has 0 aromatic carbocycles. The summed E-state index contributed by atoms with van der Waals surface area (Å²) in [4.78, 5) is 12.0. The number of methoxy groups -OCH3 is 1. The highest BCUT2D eigenvalue weighted by Crippen LogP contribution is 2.36. The van der Waals surface area contributed by atoms with Gasteiger partial charge in [-0.3, -0.25) is 4.79 Å². The minimum Gasteiger partial charge on any atom is -0.497 e. The molecule has 0 amide bonds. The largest absolute Gasteiger partial charge is 0.497 e. The van der Waals surface area contributed by atoms with Gasteiger partial charge in [0.05, 0.1) is 12.0 Å². The number of hydrogen-bond donors (Lipinski definition) is 0. The summed E-state index contributed by atoms with van der Waals surface area (Å²) in [6, 6.07) is -0.212. The van der Waals surface area contributed by atoms with E-state index in [0.29, 0.717) is 12.2 Å². The summed E-state index contributed by atoms with van der Waals surface area (Å²) in [5.41, 5.74) is 0. The first kappa shape index (κ1) is 20.6. The predicted octanol–water partition coefficient (Wildman–Crippen LogP) is 3.41. The molecule has 1 saturated carbocycles. The molecular formula is C18H29NO4S. The van der Waals surface area contributed by atoms with Crippen LogP contribution in [0.4, 0.5) is 0 Å². The second kappa shape index (κ2) is 9.18. The number of allylic oxidation sites excluding steroid dienone is 2. The van der Waals surface area contributed by atoms with Crippen molar-refractivity contribution in [2.75, 3.05) is 13.7 Å². The molecule has 2 unspecified atom stereocenters. The van der Waals surface area contributed by atoms with Gasteiger partial charge in [-0.1, -0.05) is 39.8 Å². The average molecular weight is 356 g/mol. The molecule has 136 valence electrons. The number of ketones is 1. The third-order valence-corrected chi connectivity index (χ3v) is 6.32. The van der Waals surface area contributed by atoms with Crippen LogP contribution < -0.4 is 0 Å². The molecule has 0 bridgehead atoms. The third-order valence-electron chi connectivity index (χ3n) is 4.45. The van der Waals surface area contributed by atoms with Crippen LogP contribution in [-0.2, 0) is 19.6 Å². The van der Waals surface area contributed by atoms with E-state index in [1.54, 1.807) is 0 Å². The van der Waals surface area contributed by atoms with Crippen molar-refractivity contribution < 1.29 is 17.9 Å². The Morgan fingerprint density at radius 2 is 1.83 bits per heavy atom. The van der Waals surface area contributed by atoms with Crippen LogP contribution in [0.3, 0.4) is 0 Å². The van der Waals surface area contributed by atoms with Crippen LogP contribution in [0.15, 0.2) is 36.0 Å². The molecule has 0 aromatic heterocycles. The van der Waals surface area contributed by atoms with E-state index in [4.69, 9.17) is 4.74 Å². The molecule has 2 fully saturated rings. The Morgan fingerprint density at radius 3 is 2.46 bits per heavy atom. The Balaban J connectivity index is 0.00000139. The topological polar surface area (TPSA) is 63.7 Å². The van der Waals surface area contributed by atoms with Gasteiger partial charge in [0.25, 0.3) is 0 Å². The van der Waals surface area contributed by atoms with Crippen molar-refractivity contribution in [3.63, 3.8) is 0 Å². The summed E-state index contributed by atoms with van der Waals surface area (Å²) in [7, 11) is -2.19. The number of sulfonamides is 1. The molecular weight excluding hydrogens is 326 g/mol. The van der Waals surface area contributed by atoms with Gasteiger partial charge in [0.15, 0.2) is 0 Å². The van der Waals surface area contributed by atoms with Gasteiger partial charge in [-0.25, -0.2) is 8.42 Å². The minimum absolute atomic E-state index is 0.00405. The quantitative estimate of drug-likeness (QED) is 0.560. The van der Waals surface area contributed by atoms with E-state index in [0.717, 1.165) is 25.7 Å². The second-order valence-electron chi connectivity index (χ2n) is 5.76. The molecule has 0 radical (unpaired) electrons.